The lowest BCUT2D eigenvalue weighted by molar-refractivity contribution is -0.122. The average Bonchev–Trinajstić information content (AvgIpc) is 2.39. The second-order valence-corrected chi connectivity index (χ2v) is 4.86. The van der Waals surface area contributed by atoms with Gasteiger partial charge in [0.2, 0.25) is 0 Å². The molecule has 0 aromatic heterocycles. The molecule has 0 radical (unpaired) electrons. The minimum Gasteiger partial charge on any atom is -0.785 e. The Balaban J connectivity index is 2.16. The van der Waals surface area contributed by atoms with E-state index in [1.807, 2.05) is 0 Å². The summed E-state index contributed by atoms with van der Waals surface area (Å²) in [6.07, 6.45) is 0.737. The first kappa shape index (κ1) is 13.8. The summed E-state index contributed by atoms with van der Waals surface area (Å²) >= 11 is 0. The molecule has 2 unspecified atom stereocenters. The number of hydrogen-bond acceptors (Lipinski definition) is 4. The first-order chi connectivity index (χ1) is 8.99. The SMILES string of the molecule is CC(=O)C1CCN([O-])C(C(=O)c2ccc(F)cc2)C1. The highest BCUT2D eigenvalue weighted by Gasteiger charge is 2.31. The maximum atomic E-state index is 12.8. The van der Waals surface area contributed by atoms with E-state index < -0.39 is 11.9 Å². The number of hydrogen-bond donors (Lipinski definition) is 0. The van der Waals surface area contributed by atoms with Crippen molar-refractivity contribution in [1.29, 1.82) is 0 Å². The molecule has 1 aliphatic rings. The molecule has 4 nitrogen and oxygen atoms in total. The Kier molecular flexibility index (Phi) is 4.07. The fourth-order valence-electron chi connectivity index (χ4n) is 2.36. The number of rotatable bonds is 3. The van der Waals surface area contributed by atoms with Crippen LogP contribution in [0.4, 0.5) is 4.39 Å². The van der Waals surface area contributed by atoms with Crippen LogP contribution < -0.4 is 0 Å². The summed E-state index contributed by atoms with van der Waals surface area (Å²) in [4.78, 5) is 23.6. The Morgan fingerprint density at radius 1 is 1.32 bits per heavy atom. The third-order valence-corrected chi connectivity index (χ3v) is 3.56. The van der Waals surface area contributed by atoms with Gasteiger partial charge in [-0.2, -0.15) is 0 Å². The van der Waals surface area contributed by atoms with E-state index in [0.717, 1.165) is 5.06 Å². The van der Waals surface area contributed by atoms with Gasteiger partial charge in [0.25, 0.3) is 0 Å². The van der Waals surface area contributed by atoms with Crippen LogP contribution >= 0.6 is 0 Å². The minimum absolute atomic E-state index is 0.00464. The van der Waals surface area contributed by atoms with Crippen LogP contribution in [0.2, 0.25) is 0 Å². The molecule has 2 atom stereocenters. The number of benzene rings is 1. The molecule has 0 bridgehead atoms. The number of halogens is 1. The van der Waals surface area contributed by atoms with Gasteiger partial charge in [-0.3, -0.25) is 9.59 Å². The number of ketones is 2. The molecular formula is C14H15FNO3-. The fraction of sp³-hybridized carbons (Fsp3) is 0.429. The van der Waals surface area contributed by atoms with Gasteiger partial charge in [0.05, 0.1) is 6.04 Å². The maximum Gasteiger partial charge on any atom is 0.179 e. The van der Waals surface area contributed by atoms with Crippen molar-refractivity contribution in [2.45, 2.75) is 25.8 Å². The van der Waals surface area contributed by atoms with Gasteiger partial charge >= 0.3 is 0 Å². The van der Waals surface area contributed by atoms with Crippen LogP contribution in [-0.2, 0) is 4.79 Å². The lowest BCUT2D eigenvalue weighted by atomic mass is 9.86. The second-order valence-electron chi connectivity index (χ2n) is 4.86. The van der Waals surface area contributed by atoms with Gasteiger partial charge in [-0.05, 0) is 50.6 Å². The smallest absolute Gasteiger partial charge is 0.179 e. The normalized spacial score (nSPS) is 24.2. The number of carbonyl (C=O) groups excluding carboxylic acids is 2. The molecule has 0 spiro atoms. The van der Waals surface area contributed by atoms with E-state index in [-0.39, 0.29) is 30.4 Å². The van der Waals surface area contributed by atoms with E-state index in [1.165, 1.54) is 31.2 Å². The van der Waals surface area contributed by atoms with Gasteiger partial charge in [0, 0.05) is 11.5 Å². The lowest BCUT2D eigenvalue weighted by Crippen LogP contribution is -2.45. The van der Waals surface area contributed by atoms with Crippen LogP contribution in [0.15, 0.2) is 24.3 Å². The first-order valence-electron chi connectivity index (χ1n) is 6.23. The molecular weight excluding hydrogens is 249 g/mol. The van der Waals surface area contributed by atoms with Crippen molar-refractivity contribution < 1.29 is 14.0 Å². The molecule has 19 heavy (non-hydrogen) atoms. The standard InChI is InChI=1S/C14H15FNO3/c1-9(17)11-6-7-16(19)13(8-11)14(18)10-2-4-12(15)5-3-10/h2-5,11,13H,6-8H2,1H3/q-1. The van der Waals surface area contributed by atoms with E-state index in [1.54, 1.807) is 0 Å². The van der Waals surface area contributed by atoms with E-state index in [9.17, 15) is 19.2 Å². The number of hydroxylamine groups is 2. The largest absolute Gasteiger partial charge is 0.785 e. The Morgan fingerprint density at radius 2 is 1.95 bits per heavy atom. The quantitative estimate of drug-likeness (QED) is 0.785. The Morgan fingerprint density at radius 3 is 2.53 bits per heavy atom. The number of piperidine rings is 1. The molecule has 0 aliphatic carbocycles. The number of Topliss-reactive ketones (excluding diaryl/α,β-unsaturated/α-hetero) is 2. The Bertz CT molecular complexity index is 486. The summed E-state index contributed by atoms with van der Waals surface area (Å²) in [7, 11) is 0. The molecule has 102 valence electrons. The monoisotopic (exact) mass is 264 g/mol. The molecule has 1 fully saturated rings. The molecule has 0 amide bonds. The highest BCUT2D eigenvalue weighted by atomic mass is 19.1. The summed E-state index contributed by atoms with van der Waals surface area (Å²) in [5.74, 6) is -1.01. The molecule has 5 heteroatoms. The van der Waals surface area contributed by atoms with Gasteiger partial charge in [0.15, 0.2) is 5.78 Å². The molecule has 1 aliphatic heterocycles. The molecule has 1 saturated heterocycles. The minimum atomic E-state index is -0.840. The summed E-state index contributed by atoms with van der Waals surface area (Å²) in [5, 5.41) is 12.5. The van der Waals surface area contributed by atoms with Crippen LogP contribution in [0.25, 0.3) is 0 Å². The van der Waals surface area contributed by atoms with Gasteiger partial charge < -0.3 is 10.3 Å². The maximum absolute atomic E-state index is 12.8. The van der Waals surface area contributed by atoms with Gasteiger partial charge in [-0.1, -0.05) is 0 Å². The van der Waals surface area contributed by atoms with Crippen LogP contribution in [-0.4, -0.2) is 29.2 Å². The van der Waals surface area contributed by atoms with E-state index in [4.69, 9.17) is 0 Å². The Hall–Kier alpha value is -1.59. The second kappa shape index (κ2) is 5.59. The van der Waals surface area contributed by atoms with Crippen molar-refractivity contribution in [3.05, 3.63) is 40.9 Å². The molecule has 1 aromatic rings. The van der Waals surface area contributed by atoms with Gasteiger partial charge in [-0.25, -0.2) is 4.39 Å². The number of nitrogens with zero attached hydrogens (tertiary/aromatic N) is 1. The summed E-state index contributed by atoms with van der Waals surface area (Å²) in [6.45, 7) is 1.66. The average molecular weight is 264 g/mol. The van der Waals surface area contributed by atoms with Crippen molar-refractivity contribution >= 4 is 11.6 Å². The van der Waals surface area contributed by atoms with Crippen LogP contribution in [0.1, 0.15) is 30.1 Å². The summed E-state index contributed by atoms with van der Waals surface area (Å²) in [5.41, 5.74) is 0.302. The van der Waals surface area contributed by atoms with Crippen LogP contribution in [0.3, 0.4) is 0 Å². The lowest BCUT2D eigenvalue weighted by Gasteiger charge is -2.42. The van der Waals surface area contributed by atoms with Crippen LogP contribution in [0.5, 0.6) is 0 Å². The summed E-state index contributed by atoms with van der Waals surface area (Å²) in [6, 6.07) is 4.26. The van der Waals surface area contributed by atoms with Crippen molar-refractivity contribution in [2.75, 3.05) is 6.54 Å². The number of carbonyl (C=O) groups is 2. The van der Waals surface area contributed by atoms with E-state index >= 15 is 0 Å². The zero-order chi connectivity index (χ0) is 14.0. The predicted molar refractivity (Wildman–Crippen MR) is 68.0 cm³/mol. The van der Waals surface area contributed by atoms with E-state index in [2.05, 4.69) is 0 Å². The highest BCUT2D eigenvalue weighted by Crippen LogP contribution is 2.25. The third kappa shape index (κ3) is 3.05. The van der Waals surface area contributed by atoms with Crippen molar-refractivity contribution in [3.8, 4) is 0 Å². The van der Waals surface area contributed by atoms with Crippen molar-refractivity contribution in [1.82, 2.24) is 5.06 Å². The molecule has 2 rings (SSSR count). The van der Waals surface area contributed by atoms with Crippen molar-refractivity contribution in [3.63, 3.8) is 0 Å². The predicted octanol–water partition coefficient (Wildman–Crippen LogP) is 2.18. The highest BCUT2D eigenvalue weighted by molar-refractivity contribution is 6.00. The van der Waals surface area contributed by atoms with Crippen LogP contribution in [0, 0.1) is 16.9 Å². The summed E-state index contributed by atoms with van der Waals surface area (Å²) < 4.78 is 12.8. The van der Waals surface area contributed by atoms with Crippen molar-refractivity contribution in [2.24, 2.45) is 5.92 Å². The molecule has 1 aromatic carbocycles. The Labute approximate surface area is 110 Å². The van der Waals surface area contributed by atoms with Gasteiger partial charge in [0.1, 0.15) is 11.6 Å². The first-order valence-corrected chi connectivity index (χ1v) is 6.23. The topological polar surface area (TPSA) is 60.4 Å². The fourth-order valence-corrected chi connectivity index (χ4v) is 2.36. The molecule has 1 heterocycles. The molecule has 0 N–H and O–H groups in total. The third-order valence-electron chi connectivity index (χ3n) is 3.56. The van der Waals surface area contributed by atoms with E-state index in [0.29, 0.717) is 12.0 Å². The van der Waals surface area contributed by atoms with Gasteiger partial charge in [-0.15, -0.1) is 0 Å². The zero-order valence-corrected chi connectivity index (χ0v) is 10.6. The molecule has 0 saturated carbocycles. The zero-order valence-electron chi connectivity index (χ0n) is 10.6.